The first-order valence-electron chi connectivity index (χ1n) is 6.08. The number of hydrogen-bond acceptors (Lipinski definition) is 4. The third kappa shape index (κ3) is 5.75. The second-order valence-electron chi connectivity index (χ2n) is 3.98. The standard InChI is InChI=1S/C13H22O4/c1-4-9(7-10(14)5-2)12(16)8-13(17)11(15)6-3/h7,10,13-14,17H,4-6,8H2,1-3H3/b9-7+/t10-,13-/m1/s1. The van der Waals surface area contributed by atoms with Gasteiger partial charge in [0.05, 0.1) is 6.10 Å². The predicted molar refractivity (Wildman–Crippen MR) is 65.6 cm³/mol. The predicted octanol–water partition coefficient (Wildman–Crippen LogP) is 1.39. The van der Waals surface area contributed by atoms with Crippen LogP contribution >= 0.6 is 0 Å². The minimum absolute atomic E-state index is 0.192. The Kier molecular flexibility index (Phi) is 7.66. The van der Waals surface area contributed by atoms with Crippen molar-refractivity contribution in [2.24, 2.45) is 0 Å². The second kappa shape index (κ2) is 8.14. The van der Waals surface area contributed by atoms with Crippen LogP contribution in [0.15, 0.2) is 11.6 Å². The summed E-state index contributed by atoms with van der Waals surface area (Å²) in [7, 11) is 0. The zero-order chi connectivity index (χ0) is 13.4. The van der Waals surface area contributed by atoms with E-state index >= 15 is 0 Å². The van der Waals surface area contributed by atoms with Gasteiger partial charge in [0.1, 0.15) is 6.10 Å². The van der Waals surface area contributed by atoms with Gasteiger partial charge in [-0.15, -0.1) is 0 Å². The lowest BCUT2D eigenvalue weighted by Gasteiger charge is -2.10. The number of carbonyl (C=O) groups excluding carboxylic acids is 2. The Bertz CT molecular complexity index is 294. The molecule has 98 valence electrons. The molecule has 0 saturated carbocycles. The monoisotopic (exact) mass is 242 g/mol. The van der Waals surface area contributed by atoms with E-state index in [1.54, 1.807) is 13.8 Å². The summed E-state index contributed by atoms with van der Waals surface area (Å²) in [6.45, 7) is 5.27. The summed E-state index contributed by atoms with van der Waals surface area (Å²) in [4.78, 5) is 22.9. The maximum absolute atomic E-state index is 11.8. The Morgan fingerprint density at radius 2 is 1.71 bits per heavy atom. The van der Waals surface area contributed by atoms with Crippen LogP contribution in [0.1, 0.15) is 46.5 Å². The Morgan fingerprint density at radius 3 is 2.12 bits per heavy atom. The number of carbonyl (C=O) groups is 2. The smallest absolute Gasteiger partial charge is 0.161 e. The van der Waals surface area contributed by atoms with Gasteiger partial charge in [0.25, 0.3) is 0 Å². The molecule has 0 spiro atoms. The molecule has 0 radical (unpaired) electrons. The summed E-state index contributed by atoms with van der Waals surface area (Å²) in [6, 6.07) is 0. The molecule has 0 aromatic carbocycles. The van der Waals surface area contributed by atoms with Crippen molar-refractivity contribution in [3.8, 4) is 0 Å². The van der Waals surface area contributed by atoms with Crippen LogP contribution in [0.5, 0.6) is 0 Å². The van der Waals surface area contributed by atoms with E-state index in [0.717, 1.165) is 0 Å². The maximum Gasteiger partial charge on any atom is 0.161 e. The van der Waals surface area contributed by atoms with Crippen LogP contribution in [0.3, 0.4) is 0 Å². The Labute approximate surface area is 102 Å². The third-order valence-electron chi connectivity index (χ3n) is 2.65. The number of aliphatic hydroxyl groups is 2. The highest BCUT2D eigenvalue weighted by atomic mass is 16.3. The molecule has 2 N–H and O–H groups in total. The Hall–Kier alpha value is -1.00. The van der Waals surface area contributed by atoms with Crippen molar-refractivity contribution >= 4 is 11.6 Å². The zero-order valence-electron chi connectivity index (χ0n) is 10.8. The summed E-state index contributed by atoms with van der Waals surface area (Å²) in [5.74, 6) is -0.598. The first-order chi connectivity index (χ1) is 7.96. The highest BCUT2D eigenvalue weighted by Gasteiger charge is 2.19. The molecule has 0 aliphatic rings. The minimum Gasteiger partial charge on any atom is -0.389 e. The van der Waals surface area contributed by atoms with Crippen LogP contribution in [0, 0.1) is 0 Å². The van der Waals surface area contributed by atoms with Crippen molar-refractivity contribution in [2.75, 3.05) is 0 Å². The lowest BCUT2D eigenvalue weighted by atomic mass is 9.98. The van der Waals surface area contributed by atoms with E-state index in [2.05, 4.69) is 0 Å². The van der Waals surface area contributed by atoms with E-state index < -0.39 is 12.2 Å². The van der Waals surface area contributed by atoms with Gasteiger partial charge in [-0.3, -0.25) is 9.59 Å². The van der Waals surface area contributed by atoms with E-state index in [1.807, 2.05) is 6.92 Å². The average molecular weight is 242 g/mol. The number of Topliss-reactive ketones (excluding diaryl/α,β-unsaturated/α-hetero) is 2. The summed E-state index contributed by atoms with van der Waals surface area (Å²) in [5.41, 5.74) is 0.474. The van der Waals surface area contributed by atoms with E-state index in [9.17, 15) is 19.8 Å². The molecule has 2 atom stereocenters. The van der Waals surface area contributed by atoms with Gasteiger partial charge in [-0.25, -0.2) is 0 Å². The fourth-order valence-electron chi connectivity index (χ4n) is 1.41. The molecule has 0 aliphatic heterocycles. The zero-order valence-corrected chi connectivity index (χ0v) is 10.8. The molecule has 0 saturated heterocycles. The van der Waals surface area contributed by atoms with Crippen LogP contribution in [0.4, 0.5) is 0 Å². The molecule has 4 nitrogen and oxygen atoms in total. The van der Waals surface area contributed by atoms with Crippen LogP contribution in [-0.4, -0.2) is 34.0 Å². The molecule has 0 bridgehead atoms. The van der Waals surface area contributed by atoms with Crippen molar-refractivity contribution in [1.82, 2.24) is 0 Å². The van der Waals surface area contributed by atoms with Crippen molar-refractivity contribution < 1.29 is 19.8 Å². The fraction of sp³-hybridized carbons (Fsp3) is 0.692. The number of ketones is 2. The Morgan fingerprint density at radius 1 is 1.12 bits per heavy atom. The Balaban J connectivity index is 4.56. The van der Waals surface area contributed by atoms with Gasteiger partial charge in [-0.05, 0) is 24.5 Å². The molecule has 17 heavy (non-hydrogen) atoms. The highest BCUT2D eigenvalue weighted by Crippen LogP contribution is 2.11. The van der Waals surface area contributed by atoms with Crippen molar-refractivity contribution in [1.29, 1.82) is 0 Å². The minimum atomic E-state index is -1.22. The number of hydrogen-bond donors (Lipinski definition) is 2. The number of rotatable bonds is 8. The molecule has 0 amide bonds. The van der Waals surface area contributed by atoms with Crippen LogP contribution in [-0.2, 0) is 9.59 Å². The molecule has 0 aromatic heterocycles. The summed E-state index contributed by atoms with van der Waals surface area (Å²) in [5, 5.41) is 18.9. The summed E-state index contributed by atoms with van der Waals surface area (Å²) in [6.07, 6.45) is 0.691. The largest absolute Gasteiger partial charge is 0.389 e. The highest BCUT2D eigenvalue weighted by molar-refractivity contribution is 5.98. The fourth-order valence-corrected chi connectivity index (χ4v) is 1.41. The van der Waals surface area contributed by atoms with Crippen molar-refractivity contribution in [3.05, 3.63) is 11.6 Å². The number of aliphatic hydroxyl groups excluding tert-OH is 2. The van der Waals surface area contributed by atoms with Gasteiger partial charge in [-0.1, -0.05) is 20.8 Å². The normalized spacial score (nSPS) is 15.5. The van der Waals surface area contributed by atoms with E-state index in [-0.39, 0.29) is 24.4 Å². The van der Waals surface area contributed by atoms with Gasteiger partial charge >= 0.3 is 0 Å². The summed E-state index contributed by atoms with van der Waals surface area (Å²) < 4.78 is 0. The van der Waals surface area contributed by atoms with E-state index in [1.165, 1.54) is 6.08 Å². The first kappa shape index (κ1) is 16.0. The molecule has 4 heteroatoms. The van der Waals surface area contributed by atoms with Gasteiger partial charge in [0, 0.05) is 12.8 Å². The van der Waals surface area contributed by atoms with Crippen molar-refractivity contribution in [3.63, 3.8) is 0 Å². The SMILES string of the molecule is CCC(=O)[C@H](O)CC(=O)/C(=C/[C@H](O)CC)CC. The molecule has 0 aliphatic carbocycles. The number of allylic oxidation sites excluding steroid dienone is 1. The second-order valence-corrected chi connectivity index (χ2v) is 3.98. The summed E-state index contributed by atoms with van der Waals surface area (Å²) >= 11 is 0. The van der Waals surface area contributed by atoms with E-state index in [4.69, 9.17) is 0 Å². The molecule has 0 heterocycles. The molecule has 0 unspecified atom stereocenters. The molecular formula is C13H22O4. The lowest BCUT2D eigenvalue weighted by molar-refractivity contribution is -0.130. The molecular weight excluding hydrogens is 220 g/mol. The quantitative estimate of drug-likeness (QED) is 0.631. The lowest BCUT2D eigenvalue weighted by Crippen LogP contribution is -2.24. The van der Waals surface area contributed by atoms with E-state index in [0.29, 0.717) is 18.4 Å². The van der Waals surface area contributed by atoms with Gasteiger partial charge in [-0.2, -0.15) is 0 Å². The molecule has 0 aromatic rings. The van der Waals surface area contributed by atoms with Crippen LogP contribution in [0.2, 0.25) is 0 Å². The maximum atomic E-state index is 11.8. The van der Waals surface area contributed by atoms with Gasteiger partial charge < -0.3 is 10.2 Å². The third-order valence-corrected chi connectivity index (χ3v) is 2.65. The van der Waals surface area contributed by atoms with Crippen LogP contribution in [0.25, 0.3) is 0 Å². The average Bonchev–Trinajstić information content (AvgIpc) is 2.33. The first-order valence-corrected chi connectivity index (χ1v) is 6.08. The van der Waals surface area contributed by atoms with Crippen LogP contribution < -0.4 is 0 Å². The van der Waals surface area contributed by atoms with Crippen molar-refractivity contribution in [2.45, 2.75) is 58.7 Å². The van der Waals surface area contributed by atoms with Gasteiger partial charge in [0.15, 0.2) is 11.6 Å². The topological polar surface area (TPSA) is 74.6 Å². The van der Waals surface area contributed by atoms with Gasteiger partial charge in [0.2, 0.25) is 0 Å². The molecule has 0 fully saturated rings. The molecule has 0 rings (SSSR count).